The highest BCUT2D eigenvalue weighted by Gasteiger charge is 2.34. The Bertz CT molecular complexity index is 1160. The highest BCUT2D eigenvalue weighted by molar-refractivity contribution is 5.82. The van der Waals surface area contributed by atoms with Crippen LogP contribution in [-0.2, 0) is 25.6 Å². The number of amides is 1. The average molecular weight is 488 g/mol. The molecule has 2 unspecified atom stereocenters. The van der Waals surface area contributed by atoms with Crippen LogP contribution in [0.1, 0.15) is 50.3 Å². The number of nitrogens with one attached hydrogen (secondary N) is 1. The van der Waals surface area contributed by atoms with Gasteiger partial charge in [0, 0.05) is 5.92 Å². The molecule has 0 bridgehead atoms. The van der Waals surface area contributed by atoms with Crippen molar-refractivity contribution in [3.8, 4) is 11.1 Å². The van der Waals surface area contributed by atoms with Gasteiger partial charge in [0.25, 0.3) is 0 Å². The standard InChI is InChI=1S/C30H33NO5/c1-20(36-30(2,3)4)27(28(32)34-18-21-12-6-5-7-13-21)31-29(33)35-19-26-24-16-10-8-14-22(24)23-15-9-11-17-25(23)26/h5-17,20,26-27H,18-19H2,1-4H3,(H,31,33). The highest BCUT2D eigenvalue weighted by Crippen LogP contribution is 2.44. The Kier molecular flexibility index (Phi) is 7.75. The lowest BCUT2D eigenvalue weighted by atomic mass is 9.98. The van der Waals surface area contributed by atoms with Gasteiger partial charge in [-0.1, -0.05) is 78.9 Å². The Balaban J connectivity index is 1.43. The molecule has 6 nitrogen and oxygen atoms in total. The second-order valence-corrected chi connectivity index (χ2v) is 9.98. The third-order valence-corrected chi connectivity index (χ3v) is 6.10. The van der Waals surface area contributed by atoms with Crippen molar-refractivity contribution in [2.45, 2.75) is 58.0 Å². The predicted octanol–water partition coefficient (Wildman–Crippen LogP) is 5.84. The molecule has 2 atom stereocenters. The molecular weight excluding hydrogens is 454 g/mol. The summed E-state index contributed by atoms with van der Waals surface area (Å²) in [4.78, 5) is 25.9. The Labute approximate surface area is 212 Å². The zero-order valence-corrected chi connectivity index (χ0v) is 21.2. The van der Waals surface area contributed by atoms with Crippen LogP contribution in [0, 0.1) is 0 Å². The first-order valence-corrected chi connectivity index (χ1v) is 12.2. The number of ether oxygens (including phenoxy) is 3. The quantitative estimate of drug-likeness (QED) is 0.404. The molecular formula is C30H33NO5. The zero-order valence-electron chi connectivity index (χ0n) is 21.2. The van der Waals surface area contributed by atoms with Gasteiger partial charge in [-0.15, -0.1) is 0 Å². The van der Waals surface area contributed by atoms with Gasteiger partial charge in [0.15, 0.2) is 6.04 Å². The van der Waals surface area contributed by atoms with Crippen molar-refractivity contribution in [3.63, 3.8) is 0 Å². The second-order valence-electron chi connectivity index (χ2n) is 9.98. The van der Waals surface area contributed by atoms with Crippen LogP contribution in [0.4, 0.5) is 4.79 Å². The van der Waals surface area contributed by atoms with Crippen LogP contribution in [0.3, 0.4) is 0 Å². The van der Waals surface area contributed by atoms with E-state index in [0.717, 1.165) is 27.8 Å². The van der Waals surface area contributed by atoms with Crippen LogP contribution in [0.5, 0.6) is 0 Å². The molecule has 0 spiro atoms. The van der Waals surface area contributed by atoms with E-state index in [2.05, 4.69) is 29.6 Å². The first-order chi connectivity index (χ1) is 17.2. The zero-order chi connectivity index (χ0) is 25.7. The monoisotopic (exact) mass is 487 g/mol. The Morgan fingerprint density at radius 1 is 0.833 bits per heavy atom. The lowest BCUT2D eigenvalue weighted by Crippen LogP contribution is -2.51. The lowest BCUT2D eigenvalue weighted by molar-refractivity contribution is -0.154. The fourth-order valence-electron chi connectivity index (χ4n) is 4.58. The molecule has 3 aromatic rings. The topological polar surface area (TPSA) is 73.9 Å². The van der Waals surface area contributed by atoms with Gasteiger partial charge in [0.05, 0.1) is 11.7 Å². The van der Waals surface area contributed by atoms with Crippen molar-refractivity contribution in [1.29, 1.82) is 0 Å². The molecule has 0 aliphatic heterocycles. The summed E-state index contributed by atoms with van der Waals surface area (Å²) in [5, 5.41) is 2.69. The molecule has 1 aliphatic carbocycles. The molecule has 6 heteroatoms. The van der Waals surface area contributed by atoms with E-state index in [4.69, 9.17) is 14.2 Å². The van der Waals surface area contributed by atoms with Gasteiger partial charge in [-0.25, -0.2) is 9.59 Å². The predicted molar refractivity (Wildman–Crippen MR) is 139 cm³/mol. The van der Waals surface area contributed by atoms with Crippen LogP contribution in [-0.4, -0.2) is 36.4 Å². The van der Waals surface area contributed by atoms with E-state index in [0.29, 0.717) is 0 Å². The van der Waals surface area contributed by atoms with E-state index in [1.807, 2.05) is 75.4 Å². The Hall–Kier alpha value is -3.64. The van der Waals surface area contributed by atoms with Gasteiger partial charge in [0.1, 0.15) is 13.2 Å². The van der Waals surface area contributed by atoms with Gasteiger partial charge < -0.3 is 19.5 Å². The average Bonchev–Trinajstić information content (AvgIpc) is 3.18. The van der Waals surface area contributed by atoms with E-state index in [1.54, 1.807) is 6.92 Å². The first-order valence-electron chi connectivity index (χ1n) is 12.2. The number of hydrogen-bond donors (Lipinski definition) is 1. The second kappa shape index (κ2) is 11.0. The number of alkyl carbamates (subject to hydrolysis) is 1. The molecule has 0 heterocycles. The van der Waals surface area contributed by atoms with Crippen molar-refractivity contribution >= 4 is 12.1 Å². The number of rotatable bonds is 8. The molecule has 3 aromatic carbocycles. The number of carbonyl (C=O) groups excluding carboxylic acids is 2. The minimum absolute atomic E-state index is 0.0742. The minimum Gasteiger partial charge on any atom is -0.459 e. The fourth-order valence-corrected chi connectivity index (χ4v) is 4.58. The largest absolute Gasteiger partial charge is 0.459 e. The van der Waals surface area contributed by atoms with E-state index >= 15 is 0 Å². The number of benzene rings is 3. The van der Waals surface area contributed by atoms with Gasteiger partial charge in [0.2, 0.25) is 0 Å². The summed E-state index contributed by atoms with van der Waals surface area (Å²) in [6.07, 6.45) is -1.32. The molecule has 188 valence electrons. The van der Waals surface area contributed by atoms with E-state index in [9.17, 15) is 9.59 Å². The third kappa shape index (κ3) is 6.13. The van der Waals surface area contributed by atoms with Crippen LogP contribution >= 0.6 is 0 Å². The summed E-state index contributed by atoms with van der Waals surface area (Å²) < 4.78 is 17.1. The highest BCUT2D eigenvalue weighted by atomic mass is 16.6. The lowest BCUT2D eigenvalue weighted by Gasteiger charge is -2.30. The van der Waals surface area contributed by atoms with Crippen LogP contribution in [0.15, 0.2) is 78.9 Å². The number of fused-ring (bicyclic) bond motifs is 3. The van der Waals surface area contributed by atoms with Gasteiger partial charge in [-0.05, 0) is 55.5 Å². The molecule has 4 rings (SSSR count). The molecule has 0 fully saturated rings. The molecule has 1 amide bonds. The van der Waals surface area contributed by atoms with Gasteiger partial charge in [-0.2, -0.15) is 0 Å². The van der Waals surface area contributed by atoms with Gasteiger partial charge >= 0.3 is 12.1 Å². The van der Waals surface area contributed by atoms with E-state index in [-0.39, 0.29) is 19.1 Å². The van der Waals surface area contributed by atoms with E-state index in [1.165, 1.54) is 0 Å². The molecule has 1 N–H and O–H groups in total. The fraction of sp³-hybridized carbons (Fsp3) is 0.333. The van der Waals surface area contributed by atoms with Crippen molar-refractivity contribution in [2.75, 3.05) is 6.61 Å². The SMILES string of the molecule is CC(OC(C)(C)C)C(NC(=O)OCC1c2ccccc2-c2ccccc21)C(=O)OCc1ccccc1. The van der Waals surface area contributed by atoms with Gasteiger partial charge in [-0.3, -0.25) is 0 Å². The Morgan fingerprint density at radius 2 is 1.39 bits per heavy atom. The molecule has 0 aromatic heterocycles. The minimum atomic E-state index is -1.02. The smallest absolute Gasteiger partial charge is 0.407 e. The molecule has 1 aliphatic rings. The van der Waals surface area contributed by atoms with Crippen LogP contribution < -0.4 is 5.32 Å². The Morgan fingerprint density at radius 3 is 1.97 bits per heavy atom. The number of esters is 1. The maximum Gasteiger partial charge on any atom is 0.407 e. The first kappa shape index (κ1) is 25.5. The van der Waals surface area contributed by atoms with Crippen molar-refractivity contribution in [1.82, 2.24) is 5.32 Å². The van der Waals surface area contributed by atoms with E-state index < -0.39 is 29.8 Å². The maximum absolute atomic E-state index is 13.0. The summed E-state index contributed by atoms with van der Waals surface area (Å²) in [7, 11) is 0. The molecule has 0 saturated carbocycles. The number of hydrogen-bond acceptors (Lipinski definition) is 5. The normalized spacial score (nSPS) is 14.3. The summed E-state index contributed by atoms with van der Waals surface area (Å²) in [5.74, 6) is -0.654. The van der Waals surface area contributed by atoms with Crippen LogP contribution in [0.2, 0.25) is 0 Å². The summed E-state index contributed by atoms with van der Waals surface area (Å²) in [6.45, 7) is 7.67. The summed E-state index contributed by atoms with van der Waals surface area (Å²) >= 11 is 0. The van der Waals surface area contributed by atoms with Crippen LogP contribution in [0.25, 0.3) is 11.1 Å². The maximum atomic E-state index is 13.0. The van der Waals surface area contributed by atoms with Crippen molar-refractivity contribution in [2.24, 2.45) is 0 Å². The summed E-state index contributed by atoms with van der Waals surface area (Å²) in [6, 6.07) is 24.6. The van der Waals surface area contributed by atoms with Crippen molar-refractivity contribution in [3.05, 3.63) is 95.6 Å². The third-order valence-electron chi connectivity index (χ3n) is 6.10. The van der Waals surface area contributed by atoms with Crippen molar-refractivity contribution < 1.29 is 23.8 Å². The molecule has 0 radical (unpaired) electrons. The number of carbonyl (C=O) groups is 2. The molecule has 0 saturated heterocycles. The summed E-state index contributed by atoms with van der Waals surface area (Å²) in [5.41, 5.74) is 4.88. The molecule has 36 heavy (non-hydrogen) atoms.